The number of carbonyl (C=O) groups excluding carboxylic acids is 1. The number of alkyl halides is 2. The summed E-state index contributed by atoms with van der Waals surface area (Å²) < 4.78 is 27.5. The Balaban J connectivity index is 2.18. The molecule has 2 rings (SSSR count). The molecular weight excluding hydrogens is 349 g/mol. The lowest BCUT2D eigenvalue weighted by Gasteiger charge is -2.28. The summed E-state index contributed by atoms with van der Waals surface area (Å²) in [4.78, 5) is 13.1. The number of Topliss-reactive ketones (excluding diaryl/α,β-unsaturated/α-hetero) is 1. The Morgan fingerprint density at radius 1 is 1.23 bits per heavy atom. The first-order valence-corrected chi connectivity index (χ1v) is 10.6. The molecule has 0 aromatic carbocycles. The van der Waals surface area contributed by atoms with E-state index in [-0.39, 0.29) is 11.0 Å². The Labute approximate surface area is 159 Å². The van der Waals surface area contributed by atoms with Crippen LogP contribution in [0, 0.1) is 11.3 Å². The van der Waals surface area contributed by atoms with Gasteiger partial charge < -0.3 is 0 Å². The number of allylic oxidation sites excluding steroid dienone is 5. The monoisotopic (exact) mass is 382 g/mol. The number of hydrogen-bond donors (Lipinski definition) is 0. The topological polar surface area (TPSA) is 17.1 Å². The van der Waals surface area contributed by atoms with Crippen molar-refractivity contribution in [3.63, 3.8) is 0 Å². The fourth-order valence-electron chi connectivity index (χ4n) is 4.98. The van der Waals surface area contributed by atoms with Crippen LogP contribution in [0.4, 0.5) is 8.78 Å². The Kier molecular flexibility index (Phi) is 7.36. The van der Waals surface area contributed by atoms with Crippen LogP contribution in [0.2, 0.25) is 0 Å². The minimum absolute atomic E-state index is 0.0979. The van der Waals surface area contributed by atoms with Gasteiger partial charge in [0.25, 0.3) is 5.66 Å². The largest absolute Gasteiger partial charge is 0.299 e. The fourth-order valence-corrected chi connectivity index (χ4v) is 5.19. The van der Waals surface area contributed by atoms with Crippen molar-refractivity contribution in [1.29, 1.82) is 0 Å². The summed E-state index contributed by atoms with van der Waals surface area (Å²) in [6.07, 6.45) is 12.4. The van der Waals surface area contributed by atoms with Gasteiger partial charge in [0.05, 0.1) is 0 Å². The third-order valence-electron chi connectivity index (χ3n) is 6.42. The van der Waals surface area contributed by atoms with Crippen LogP contribution >= 0.6 is 9.24 Å². The van der Waals surface area contributed by atoms with Crippen molar-refractivity contribution in [2.75, 3.05) is 0 Å². The van der Waals surface area contributed by atoms with Gasteiger partial charge in [-0.05, 0) is 63.0 Å². The van der Waals surface area contributed by atoms with E-state index in [9.17, 15) is 13.6 Å². The van der Waals surface area contributed by atoms with E-state index in [4.69, 9.17) is 0 Å². The van der Waals surface area contributed by atoms with Crippen LogP contribution in [0.5, 0.6) is 0 Å². The summed E-state index contributed by atoms with van der Waals surface area (Å²) in [7, 11) is 1.58. The summed E-state index contributed by atoms with van der Waals surface area (Å²) >= 11 is 0. The molecule has 1 atom stereocenters. The zero-order valence-electron chi connectivity index (χ0n) is 16.3. The molecule has 2 aliphatic carbocycles. The third kappa shape index (κ3) is 4.71. The predicted molar refractivity (Wildman–Crippen MR) is 108 cm³/mol. The first kappa shape index (κ1) is 21.5. The highest BCUT2D eigenvalue weighted by molar-refractivity contribution is 7.18. The van der Waals surface area contributed by atoms with Crippen LogP contribution in [0.3, 0.4) is 0 Å². The number of rotatable bonds is 9. The van der Waals surface area contributed by atoms with E-state index in [2.05, 4.69) is 13.5 Å². The van der Waals surface area contributed by atoms with Crippen LogP contribution in [-0.2, 0) is 4.79 Å². The number of halogens is 2. The molecule has 146 valence electrons. The molecule has 0 saturated heterocycles. The zero-order chi connectivity index (χ0) is 19.4. The van der Waals surface area contributed by atoms with E-state index in [1.807, 2.05) is 6.92 Å². The highest BCUT2D eigenvalue weighted by Gasteiger charge is 2.50. The molecule has 0 N–H and O–H groups in total. The molecule has 0 spiro atoms. The summed E-state index contributed by atoms with van der Waals surface area (Å²) in [5, 5.41) is 0. The van der Waals surface area contributed by atoms with E-state index in [0.29, 0.717) is 24.5 Å². The van der Waals surface area contributed by atoms with Crippen LogP contribution in [-0.4, -0.2) is 11.4 Å². The third-order valence-corrected chi connectivity index (χ3v) is 6.75. The van der Waals surface area contributed by atoms with E-state index in [1.165, 1.54) is 18.9 Å². The maximum Gasteiger partial charge on any atom is 0.283 e. The maximum absolute atomic E-state index is 13.8. The Hall–Kier alpha value is -0.820. The van der Waals surface area contributed by atoms with Gasteiger partial charge in [0.1, 0.15) is 5.78 Å². The van der Waals surface area contributed by atoms with Crippen molar-refractivity contribution in [3.8, 4) is 0 Å². The van der Waals surface area contributed by atoms with Crippen LogP contribution in [0.15, 0.2) is 35.5 Å². The van der Waals surface area contributed by atoms with Crippen molar-refractivity contribution < 1.29 is 13.6 Å². The predicted octanol–water partition coefficient (Wildman–Crippen LogP) is 7.00. The molecule has 0 aromatic heterocycles. The van der Waals surface area contributed by atoms with Crippen LogP contribution in [0.25, 0.3) is 0 Å². The second-order valence-electron chi connectivity index (χ2n) is 8.04. The molecule has 4 heteroatoms. The smallest absolute Gasteiger partial charge is 0.283 e. The molecule has 0 bridgehead atoms. The molecule has 2 aliphatic rings. The summed E-state index contributed by atoms with van der Waals surface area (Å²) in [6, 6.07) is 0. The Morgan fingerprint density at radius 2 is 1.85 bits per heavy atom. The molecule has 26 heavy (non-hydrogen) atoms. The van der Waals surface area contributed by atoms with Gasteiger partial charge in [-0.25, -0.2) is 0 Å². The molecule has 0 amide bonds. The number of hydrogen-bond acceptors (Lipinski definition) is 1. The second kappa shape index (κ2) is 8.91. The highest BCUT2D eigenvalue weighted by atomic mass is 31.0. The molecule has 1 nitrogen and oxygen atoms in total. The molecular formula is C22H33F2OP. The van der Waals surface area contributed by atoms with Gasteiger partial charge in [-0.1, -0.05) is 53.7 Å². The molecule has 2 saturated carbocycles. The van der Waals surface area contributed by atoms with Gasteiger partial charge in [0, 0.05) is 17.4 Å². The SMILES string of the molecule is C=C/C(=C\C(CCC(=O)C12CCCC1CCC2)=C(/C)CCC)C(F)(F)P. The molecule has 0 aromatic rings. The first-order valence-electron chi connectivity index (χ1n) is 9.98. The minimum Gasteiger partial charge on any atom is -0.299 e. The number of ketones is 1. The normalized spacial score (nSPS) is 27.3. The van der Waals surface area contributed by atoms with E-state index in [0.717, 1.165) is 49.7 Å². The lowest BCUT2D eigenvalue weighted by atomic mass is 9.74. The zero-order valence-corrected chi connectivity index (χ0v) is 17.4. The summed E-state index contributed by atoms with van der Waals surface area (Å²) in [5.41, 5.74) is -1.22. The molecule has 0 heterocycles. The van der Waals surface area contributed by atoms with Gasteiger partial charge in [-0.2, -0.15) is 8.78 Å². The average Bonchev–Trinajstić information content (AvgIpc) is 3.14. The van der Waals surface area contributed by atoms with Gasteiger partial charge in [0.15, 0.2) is 0 Å². The standard InChI is InChI=1S/C22H33F2OP/c1-4-8-16(3)17(15-18(5-2)22(23,24)26)11-12-20(25)21-13-6-9-19(21)10-7-14-21/h5,15,19H,2,4,6-14,26H2,1,3H3/b17-16+,18-15+. The lowest BCUT2D eigenvalue weighted by Crippen LogP contribution is -2.30. The summed E-state index contributed by atoms with van der Waals surface area (Å²) in [6.45, 7) is 7.61. The van der Waals surface area contributed by atoms with Crippen molar-refractivity contribution in [2.24, 2.45) is 11.3 Å². The van der Waals surface area contributed by atoms with Crippen LogP contribution < -0.4 is 0 Å². The van der Waals surface area contributed by atoms with E-state index >= 15 is 0 Å². The quantitative estimate of drug-likeness (QED) is 0.310. The van der Waals surface area contributed by atoms with E-state index in [1.54, 1.807) is 15.3 Å². The minimum atomic E-state index is -3.00. The van der Waals surface area contributed by atoms with Crippen molar-refractivity contribution in [3.05, 3.63) is 35.5 Å². The average molecular weight is 382 g/mol. The van der Waals surface area contributed by atoms with Gasteiger partial charge in [-0.3, -0.25) is 4.79 Å². The summed E-state index contributed by atoms with van der Waals surface area (Å²) in [5.74, 6) is 0.931. The maximum atomic E-state index is 13.8. The highest BCUT2D eigenvalue weighted by Crippen LogP contribution is 2.55. The van der Waals surface area contributed by atoms with Crippen molar-refractivity contribution >= 4 is 15.0 Å². The fraction of sp³-hybridized carbons (Fsp3) is 0.682. The lowest BCUT2D eigenvalue weighted by molar-refractivity contribution is -0.129. The molecule has 0 aliphatic heterocycles. The molecule has 0 radical (unpaired) electrons. The van der Waals surface area contributed by atoms with Crippen molar-refractivity contribution in [2.45, 2.75) is 83.7 Å². The van der Waals surface area contributed by atoms with Crippen molar-refractivity contribution in [1.82, 2.24) is 0 Å². The van der Waals surface area contributed by atoms with Gasteiger partial charge in [-0.15, -0.1) is 0 Å². The number of carbonyl (C=O) groups is 1. The first-order chi connectivity index (χ1) is 12.2. The number of fused-ring (bicyclic) bond motifs is 1. The molecule has 1 unspecified atom stereocenters. The van der Waals surface area contributed by atoms with E-state index < -0.39 is 5.66 Å². The van der Waals surface area contributed by atoms with Gasteiger partial charge >= 0.3 is 0 Å². The second-order valence-corrected chi connectivity index (χ2v) is 8.77. The molecule has 2 fully saturated rings. The Morgan fingerprint density at radius 3 is 2.35 bits per heavy atom. The van der Waals surface area contributed by atoms with Gasteiger partial charge in [0.2, 0.25) is 0 Å². The van der Waals surface area contributed by atoms with Crippen LogP contribution in [0.1, 0.15) is 78.1 Å². The Bertz CT molecular complexity index is 588.